The molecule has 1 rings (SSSR count). The van der Waals surface area contributed by atoms with Gasteiger partial charge in [0.15, 0.2) is 0 Å². The SMILES string of the molecule is CN(CCCC#N)Cc1cccc(N)c1. The van der Waals surface area contributed by atoms with Crippen LogP contribution < -0.4 is 5.73 Å². The molecule has 0 bridgehead atoms. The molecule has 0 saturated heterocycles. The van der Waals surface area contributed by atoms with Gasteiger partial charge in [0.05, 0.1) is 6.07 Å². The zero-order chi connectivity index (χ0) is 11.1. The van der Waals surface area contributed by atoms with Gasteiger partial charge in [0.2, 0.25) is 0 Å². The summed E-state index contributed by atoms with van der Waals surface area (Å²) in [7, 11) is 2.06. The molecule has 80 valence electrons. The molecule has 0 unspecified atom stereocenters. The zero-order valence-corrected chi connectivity index (χ0v) is 9.11. The van der Waals surface area contributed by atoms with Gasteiger partial charge in [-0.2, -0.15) is 5.26 Å². The van der Waals surface area contributed by atoms with Crippen LogP contribution in [0.4, 0.5) is 5.69 Å². The Labute approximate surface area is 91.1 Å². The minimum absolute atomic E-state index is 0.626. The van der Waals surface area contributed by atoms with E-state index in [0.29, 0.717) is 6.42 Å². The predicted molar refractivity (Wildman–Crippen MR) is 62.0 cm³/mol. The van der Waals surface area contributed by atoms with Crippen molar-refractivity contribution < 1.29 is 0 Å². The molecule has 0 atom stereocenters. The molecule has 0 aliphatic carbocycles. The molecule has 0 radical (unpaired) electrons. The van der Waals surface area contributed by atoms with Crippen LogP contribution in [0.5, 0.6) is 0 Å². The van der Waals surface area contributed by atoms with Gasteiger partial charge in [-0.05, 0) is 37.7 Å². The van der Waals surface area contributed by atoms with Crippen LogP contribution in [0.25, 0.3) is 0 Å². The molecular formula is C12H17N3. The minimum Gasteiger partial charge on any atom is -0.399 e. The highest BCUT2D eigenvalue weighted by Crippen LogP contribution is 2.08. The highest BCUT2D eigenvalue weighted by Gasteiger charge is 2.00. The second-order valence-electron chi connectivity index (χ2n) is 3.74. The molecule has 1 aromatic rings. The Balaban J connectivity index is 2.38. The molecule has 0 amide bonds. The van der Waals surface area contributed by atoms with Crippen LogP contribution in [0.1, 0.15) is 18.4 Å². The van der Waals surface area contributed by atoms with Crippen LogP contribution in [0.15, 0.2) is 24.3 Å². The summed E-state index contributed by atoms with van der Waals surface area (Å²) in [4.78, 5) is 2.20. The van der Waals surface area contributed by atoms with Gasteiger partial charge in [-0.15, -0.1) is 0 Å². The van der Waals surface area contributed by atoms with E-state index in [1.54, 1.807) is 0 Å². The van der Waals surface area contributed by atoms with E-state index < -0.39 is 0 Å². The number of benzene rings is 1. The maximum Gasteiger partial charge on any atom is 0.0622 e. The Morgan fingerprint density at radius 2 is 2.27 bits per heavy atom. The molecule has 3 nitrogen and oxygen atoms in total. The van der Waals surface area contributed by atoms with Crippen molar-refractivity contribution in [1.29, 1.82) is 5.26 Å². The smallest absolute Gasteiger partial charge is 0.0622 e. The molecule has 1 aromatic carbocycles. The highest BCUT2D eigenvalue weighted by molar-refractivity contribution is 5.40. The Kier molecular flexibility index (Phi) is 4.65. The first-order valence-corrected chi connectivity index (χ1v) is 5.12. The molecule has 15 heavy (non-hydrogen) atoms. The van der Waals surface area contributed by atoms with Crippen LogP contribution in [0.2, 0.25) is 0 Å². The fraction of sp³-hybridized carbons (Fsp3) is 0.417. The maximum absolute atomic E-state index is 8.42. The fourth-order valence-electron chi connectivity index (χ4n) is 1.51. The van der Waals surface area contributed by atoms with E-state index in [2.05, 4.69) is 24.1 Å². The van der Waals surface area contributed by atoms with Gasteiger partial charge in [-0.1, -0.05) is 12.1 Å². The van der Waals surface area contributed by atoms with Crippen molar-refractivity contribution in [2.45, 2.75) is 19.4 Å². The molecular weight excluding hydrogens is 186 g/mol. The lowest BCUT2D eigenvalue weighted by molar-refractivity contribution is 0.323. The Hall–Kier alpha value is -1.53. The van der Waals surface area contributed by atoms with Crippen LogP contribution >= 0.6 is 0 Å². The summed E-state index contributed by atoms with van der Waals surface area (Å²) in [5.41, 5.74) is 7.72. The number of hydrogen-bond donors (Lipinski definition) is 1. The number of anilines is 1. The van der Waals surface area contributed by atoms with Crippen molar-refractivity contribution in [1.82, 2.24) is 4.90 Å². The van der Waals surface area contributed by atoms with Crippen molar-refractivity contribution in [3.05, 3.63) is 29.8 Å². The number of nitrogen functional groups attached to an aromatic ring is 1. The monoisotopic (exact) mass is 203 g/mol. The first kappa shape index (κ1) is 11.5. The van der Waals surface area contributed by atoms with Gasteiger partial charge in [-0.25, -0.2) is 0 Å². The van der Waals surface area contributed by atoms with Crippen molar-refractivity contribution in [3.8, 4) is 6.07 Å². The first-order chi connectivity index (χ1) is 7.22. The van der Waals surface area contributed by atoms with E-state index in [0.717, 1.165) is 25.2 Å². The zero-order valence-electron chi connectivity index (χ0n) is 9.11. The van der Waals surface area contributed by atoms with Gasteiger partial charge >= 0.3 is 0 Å². The van der Waals surface area contributed by atoms with E-state index in [9.17, 15) is 0 Å². The third-order valence-electron chi connectivity index (χ3n) is 2.23. The van der Waals surface area contributed by atoms with Crippen LogP contribution in [0, 0.1) is 11.3 Å². The van der Waals surface area contributed by atoms with Crippen molar-refractivity contribution in [3.63, 3.8) is 0 Å². The Morgan fingerprint density at radius 3 is 2.93 bits per heavy atom. The van der Waals surface area contributed by atoms with E-state index >= 15 is 0 Å². The van der Waals surface area contributed by atoms with Gasteiger partial charge in [0, 0.05) is 18.7 Å². The minimum atomic E-state index is 0.626. The van der Waals surface area contributed by atoms with Crippen LogP contribution in [-0.2, 0) is 6.54 Å². The van der Waals surface area contributed by atoms with Crippen LogP contribution in [-0.4, -0.2) is 18.5 Å². The Bertz CT molecular complexity index is 341. The summed E-state index contributed by atoms with van der Waals surface area (Å²) < 4.78 is 0. The molecule has 3 heteroatoms. The molecule has 0 aliphatic rings. The number of hydrogen-bond acceptors (Lipinski definition) is 3. The second-order valence-corrected chi connectivity index (χ2v) is 3.74. The summed E-state index contributed by atoms with van der Waals surface area (Å²) in [6, 6.07) is 10.1. The predicted octanol–water partition coefficient (Wildman–Crippen LogP) is 2.00. The summed E-state index contributed by atoms with van der Waals surface area (Å²) in [5.74, 6) is 0. The average Bonchev–Trinajstić information content (AvgIpc) is 2.18. The van der Waals surface area contributed by atoms with Crippen molar-refractivity contribution in [2.75, 3.05) is 19.3 Å². The summed E-state index contributed by atoms with van der Waals surface area (Å²) >= 11 is 0. The normalized spacial score (nSPS) is 10.2. The quantitative estimate of drug-likeness (QED) is 0.588. The lowest BCUT2D eigenvalue weighted by Crippen LogP contribution is -2.18. The lowest BCUT2D eigenvalue weighted by Gasteiger charge is -2.15. The van der Waals surface area contributed by atoms with Gasteiger partial charge in [-0.3, -0.25) is 0 Å². The van der Waals surface area contributed by atoms with Crippen LogP contribution in [0.3, 0.4) is 0 Å². The lowest BCUT2D eigenvalue weighted by atomic mass is 10.2. The molecule has 0 aliphatic heterocycles. The average molecular weight is 203 g/mol. The summed E-state index contributed by atoms with van der Waals surface area (Å²) in [6.45, 7) is 1.83. The summed E-state index contributed by atoms with van der Waals surface area (Å²) in [6.07, 6.45) is 1.55. The van der Waals surface area contributed by atoms with Crippen molar-refractivity contribution in [2.24, 2.45) is 0 Å². The molecule has 0 spiro atoms. The highest BCUT2D eigenvalue weighted by atomic mass is 15.1. The number of nitrogens with zero attached hydrogens (tertiary/aromatic N) is 2. The standard InChI is InChI=1S/C12H17N3/c1-15(8-3-2-7-13)10-11-5-4-6-12(14)9-11/h4-6,9H,2-3,8,10,14H2,1H3. The van der Waals surface area contributed by atoms with Gasteiger partial charge < -0.3 is 10.6 Å². The molecule has 0 heterocycles. The van der Waals surface area contributed by atoms with E-state index in [-0.39, 0.29) is 0 Å². The first-order valence-electron chi connectivity index (χ1n) is 5.12. The number of nitriles is 1. The number of nitrogens with two attached hydrogens (primary N) is 1. The fourth-order valence-corrected chi connectivity index (χ4v) is 1.51. The largest absolute Gasteiger partial charge is 0.399 e. The van der Waals surface area contributed by atoms with Gasteiger partial charge in [0.25, 0.3) is 0 Å². The van der Waals surface area contributed by atoms with E-state index in [1.165, 1.54) is 5.56 Å². The molecule has 0 saturated carbocycles. The van der Waals surface area contributed by atoms with Gasteiger partial charge in [0.1, 0.15) is 0 Å². The maximum atomic E-state index is 8.42. The van der Waals surface area contributed by atoms with E-state index in [4.69, 9.17) is 11.0 Å². The molecule has 0 fully saturated rings. The topological polar surface area (TPSA) is 53.0 Å². The third kappa shape index (κ3) is 4.48. The molecule has 0 aromatic heterocycles. The molecule has 2 N–H and O–H groups in total. The Morgan fingerprint density at radius 1 is 1.47 bits per heavy atom. The number of unbranched alkanes of at least 4 members (excludes halogenated alkanes) is 1. The second kappa shape index (κ2) is 6.05. The van der Waals surface area contributed by atoms with Crippen molar-refractivity contribution >= 4 is 5.69 Å². The van der Waals surface area contributed by atoms with E-state index in [1.807, 2.05) is 18.2 Å². The summed E-state index contributed by atoms with van der Waals surface area (Å²) in [5, 5.41) is 8.42. The third-order valence-corrected chi connectivity index (χ3v) is 2.23. The number of rotatable bonds is 5.